The van der Waals surface area contributed by atoms with Crippen LogP contribution in [0.25, 0.3) is 43.6 Å². The number of nitrogens with one attached hydrogen (secondary N) is 2. The van der Waals surface area contributed by atoms with E-state index in [1.807, 2.05) is 35.7 Å². The molecule has 0 radical (unpaired) electrons. The molecule has 0 amide bonds. The third kappa shape index (κ3) is 6.09. The number of pyridine rings is 2. The van der Waals surface area contributed by atoms with Gasteiger partial charge in [-0.1, -0.05) is 43.5 Å². The Bertz CT molecular complexity index is 1690. The van der Waals surface area contributed by atoms with Crippen LogP contribution in [-0.2, 0) is 0 Å². The Kier molecular flexibility index (Phi) is 8.78. The molecule has 0 bridgehead atoms. The molecule has 208 valence electrons. The maximum Gasteiger partial charge on any atom is 0.212 e. The molecule has 4 nitrogen and oxygen atoms in total. The molecule has 0 fully saturated rings. The first-order chi connectivity index (χ1) is 20.2. The number of H-pyrrole nitrogens is 2. The van der Waals surface area contributed by atoms with E-state index < -0.39 is 0 Å². The van der Waals surface area contributed by atoms with Crippen molar-refractivity contribution in [2.45, 2.75) is 41.9 Å². The van der Waals surface area contributed by atoms with Gasteiger partial charge in [0.25, 0.3) is 0 Å². The lowest BCUT2D eigenvalue weighted by Crippen LogP contribution is -2.06. The summed E-state index contributed by atoms with van der Waals surface area (Å²) in [5.74, 6) is 4.04. The number of hydrogen-bond donors (Lipinski definition) is 0. The average molecular weight is 581 g/mol. The lowest BCUT2D eigenvalue weighted by atomic mass is 10.1. The summed E-state index contributed by atoms with van der Waals surface area (Å²) in [6, 6.07) is 29.8. The van der Waals surface area contributed by atoms with E-state index in [1.54, 1.807) is 14.2 Å². The third-order valence-corrected chi connectivity index (χ3v) is 10.0. The van der Waals surface area contributed by atoms with Crippen molar-refractivity contribution in [3.63, 3.8) is 0 Å². The minimum Gasteiger partial charge on any atom is -0.497 e. The highest BCUT2D eigenvalue weighted by atomic mass is 32.2. The summed E-state index contributed by atoms with van der Waals surface area (Å²) in [6.45, 7) is 0. The second-order valence-electron chi connectivity index (χ2n) is 10.3. The van der Waals surface area contributed by atoms with E-state index in [4.69, 9.17) is 9.47 Å². The molecule has 0 aliphatic carbocycles. The van der Waals surface area contributed by atoms with Gasteiger partial charge in [0.05, 0.1) is 35.8 Å². The first-order valence-corrected chi connectivity index (χ1v) is 16.3. The smallest absolute Gasteiger partial charge is 0.212 e. The number of fused-ring (bicyclic) bond motifs is 4. The van der Waals surface area contributed by atoms with Crippen LogP contribution < -0.4 is 19.4 Å². The molecule has 41 heavy (non-hydrogen) atoms. The zero-order chi connectivity index (χ0) is 28.0. The number of aromatic amines is 2. The number of ether oxygens (including phenoxy) is 2. The van der Waals surface area contributed by atoms with Gasteiger partial charge in [0.2, 0.25) is 22.1 Å². The second-order valence-corrected chi connectivity index (χ2v) is 12.5. The Hall–Kier alpha value is -3.48. The topological polar surface area (TPSA) is 46.7 Å². The van der Waals surface area contributed by atoms with Gasteiger partial charge in [-0.05, 0) is 60.7 Å². The number of benzene rings is 4. The van der Waals surface area contributed by atoms with Crippen LogP contribution >= 0.6 is 23.5 Å². The van der Waals surface area contributed by atoms with Crippen molar-refractivity contribution >= 4 is 67.1 Å². The molecule has 0 saturated heterocycles. The normalized spacial score (nSPS) is 11.6. The van der Waals surface area contributed by atoms with E-state index in [2.05, 4.69) is 82.8 Å². The Morgan fingerprint density at radius 1 is 0.488 bits per heavy atom. The predicted octanol–water partition coefficient (Wildman–Crippen LogP) is 8.78. The lowest BCUT2D eigenvalue weighted by Gasteiger charge is -2.09. The molecule has 4 aromatic carbocycles. The molecular weight excluding hydrogens is 545 g/mol. The maximum atomic E-state index is 5.53. The molecule has 0 aliphatic heterocycles. The fraction of sp³-hybridized carbons (Fsp3) is 0.257. The van der Waals surface area contributed by atoms with Crippen LogP contribution in [0.2, 0.25) is 0 Å². The van der Waals surface area contributed by atoms with Crippen molar-refractivity contribution < 1.29 is 19.4 Å². The second kappa shape index (κ2) is 13.0. The van der Waals surface area contributed by atoms with Crippen LogP contribution in [0.1, 0.15) is 32.1 Å². The molecule has 6 rings (SSSR count). The minimum absolute atomic E-state index is 0.898. The molecule has 0 unspecified atom stereocenters. The third-order valence-electron chi connectivity index (χ3n) is 7.61. The first-order valence-electron chi connectivity index (χ1n) is 14.3. The van der Waals surface area contributed by atoms with Crippen LogP contribution in [0.4, 0.5) is 0 Å². The molecule has 6 heteroatoms. The van der Waals surface area contributed by atoms with E-state index in [-0.39, 0.29) is 0 Å². The van der Waals surface area contributed by atoms with Crippen molar-refractivity contribution in [3.05, 3.63) is 84.9 Å². The molecule has 0 spiro atoms. The van der Waals surface area contributed by atoms with E-state index in [0.29, 0.717) is 0 Å². The van der Waals surface area contributed by atoms with E-state index in [9.17, 15) is 0 Å². The SMILES string of the molecule is COc1ccc2[nH+]c3ccccc3c(SCCCCCCCSc3c4ccccc4[nH+]c4ccc(OC)cc34)c2c1. The zero-order valence-electron chi connectivity index (χ0n) is 23.7. The van der Waals surface area contributed by atoms with Crippen molar-refractivity contribution in [1.29, 1.82) is 0 Å². The van der Waals surface area contributed by atoms with Gasteiger partial charge in [-0.3, -0.25) is 0 Å². The Morgan fingerprint density at radius 3 is 1.37 bits per heavy atom. The summed E-state index contributed by atoms with van der Waals surface area (Å²) >= 11 is 3.95. The maximum absolute atomic E-state index is 5.53. The quantitative estimate of drug-likeness (QED) is 0.0825. The van der Waals surface area contributed by atoms with Crippen molar-refractivity contribution in [2.24, 2.45) is 0 Å². The average Bonchev–Trinajstić information content (AvgIpc) is 3.02. The molecule has 2 heterocycles. The van der Waals surface area contributed by atoms with E-state index in [1.165, 1.54) is 74.5 Å². The summed E-state index contributed by atoms with van der Waals surface area (Å²) < 4.78 is 11.1. The van der Waals surface area contributed by atoms with Gasteiger partial charge in [0.15, 0.2) is 0 Å². The molecule has 2 aromatic heterocycles. The molecule has 2 N–H and O–H groups in total. The number of hydrogen-bond acceptors (Lipinski definition) is 4. The fourth-order valence-electron chi connectivity index (χ4n) is 5.45. The lowest BCUT2D eigenvalue weighted by molar-refractivity contribution is -0.311. The van der Waals surface area contributed by atoms with E-state index in [0.717, 1.165) is 34.0 Å². The highest BCUT2D eigenvalue weighted by molar-refractivity contribution is 8.00. The van der Waals surface area contributed by atoms with Crippen LogP contribution in [0.3, 0.4) is 0 Å². The highest BCUT2D eigenvalue weighted by Gasteiger charge is 2.16. The van der Waals surface area contributed by atoms with Crippen molar-refractivity contribution in [1.82, 2.24) is 0 Å². The predicted molar refractivity (Wildman–Crippen MR) is 174 cm³/mol. The van der Waals surface area contributed by atoms with Crippen LogP contribution in [0.15, 0.2) is 94.7 Å². The summed E-state index contributed by atoms with van der Waals surface area (Å²) in [7, 11) is 3.47. The van der Waals surface area contributed by atoms with Crippen LogP contribution in [-0.4, -0.2) is 25.7 Å². The number of thioether (sulfide) groups is 2. The number of para-hydroxylation sites is 2. The monoisotopic (exact) mass is 580 g/mol. The summed E-state index contributed by atoms with van der Waals surface area (Å²) in [5.41, 5.74) is 4.67. The first kappa shape index (κ1) is 27.7. The van der Waals surface area contributed by atoms with Crippen LogP contribution in [0, 0.1) is 0 Å². The zero-order valence-corrected chi connectivity index (χ0v) is 25.3. The largest absolute Gasteiger partial charge is 0.497 e. The summed E-state index contributed by atoms with van der Waals surface area (Å²) in [4.78, 5) is 9.87. The number of unbranched alkanes of at least 4 members (excludes halogenated alkanes) is 4. The van der Waals surface area contributed by atoms with Gasteiger partial charge < -0.3 is 9.47 Å². The Labute approximate surface area is 249 Å². The molecule has 0 aliphatic rings. The Morgan fingerprint density at radius 2 is 0.902 bits per heavy atom. The van der Waals surface area contributed by atoms with Gasteiger partial charge in [0, 0.05) is 34.1 Å². The van der Waals surface area contributed by atoms with Gasteiger partial charge >= 0.3 is 0 Å². The Balaban J connectivity index is 1.03. The summed E-state index contributed by atoms with van der Waals surface area (Å²) in [6.07, 6.45) is 6.24. The highest BCUT2D eigenvalue weighted by Crippen LogP contribution is 2.36. The number of rotatable bonds is 12. The summed E-state index contributed by atoms with van der Waals surface area (Å²) in [5, 5.41) is 5.04. The van der Waals surface area contributed by atoms with Crippen LogP contribution in [0.5, 0.6) is 11.5 Å². The van der Waals surface area contributed by atoms with Gasteiger partial charge in [-0.15, -0.1) is 23.5 Å². The number of aromatic nitrogens is 2. The molecule has 0 saturated carbocycles. The van der Waals surface area contributed by atoms with Crippen molar-refractivity contribution in [3.8, 4) is 11.5 Å². The van der Waals surface area contributed by atoms with E-state index >= 15 is 0 Å². The molecule has 6 aromatic rings. The van der Waals surface area contributed by atoms with Crippen molar-refractivity contribution in [2.75, 3.05) is 25.7 Å². The number of methoxy groups -OCH3 is 2. The standard InChI is InChI=1S/C35H34N2O2S2/c1-38-24-16-18-32-28(22-24)34(26-12-6-8-14-30(26)36-32)40-20-10-4-3-5-11-21-41-35-27-13-7-9-15-31(27)37-33-19-17-25(39-2)23-29(33)35/h6-9,12-19,22-23H,3-5,10-11,20-21H2,1-2H3/p+2. The van der Waals surface area contributed by atoms with Gasteiger partial charge in [0.1, 0.15) is 11.5 Å². The van der Waals surface area contributed by atoms with Gasteiger partial charge in [-0.25, -0.2) is 9.97 Å². The van der Waals surface area contributed by atoms with Gasteiger partial charge in [-0.2, -0.15) is 0 Å². The molecular formula is C35H36N2O2S2+2. The fourth-order valence-corrected chi connectivity index (χ4v) is 7.87. The molecule has 0 atom stereocenters. The minimum atomic E-state index is 0.898.